The quantitative estimate of drug-likeness (QED) is 0.450. The molecule has 0 fully saturated rings. The Bertz CT molecular complexity index is 168. The van der Waals surface area contributed by atoms with Gasteiger partial charge in [-0.25, -0.2) is 0 Å². The van der Waals surface area contributed by atoms with Crippen molar-refractivity contribution in [3.8, 4) is 0 Å². The minimum Gasteiger partial charge on any atom is -0.394 e. The zero-order valence-corrected chi connectivity index (χ0v) is 11.4. The molecule has 0 atom stereocenters. The molecule has 0 aliphatic rings. The smallest absolute Gasteiger partial charge is 0.0824 e. The Morgan fingerprint density at radius 3 is 1.50 bits per heavy atom. The standard InChI is InChI=1S/C12H26O6/c1-12(2,14)11-18-10-9-17-8-7-16-6-5-15-4-3-13/h13-14H,3-11H2,1-2H3. The molecule has 0 aromatic carbocycles. The van der Waals surface area contributed by atoms with Crippen molar-refractivity contribution >= 4 is 0 Å². The normalized spacial score (nSPS) is 12.0. The second kappa shape index (κ2) is 11.8. The van der Waals surface area contributed by atoms with Gasteiger partial charge in [0.1, 0.15) is 0 Å². The van der Waals surface area contributed by atoms with Crippen LogP contribution in [0.2, 0.25) is 0 Å². The molecule has 0 aliphatic heterocycles. The zero-order valence-electron chi connectivity index (χ0n) is 11.4. The Morgan fingerprint density at radius 2 is 1.11 bits per heavy atom. The predicted molar refractivity (Wildman–Crippen MR) is 66.7 cm³/mol. The van der Waals surface area contributed by atoms with Crippen LogP contribution in [0.25, 0.3) is 0 Å². The summed E-state index contributed by atoms with van der Waals surface area (Å²) >= 11 is 0. The van der Waals surface area contributed by atoms with E-state index in [1.165, 1.54) is 0 Å². The summed E-state index contributed by atoms with van der Waals surface area (Å²) in [6.07, 6.45) is 0. The van der Waals surface area contributed by atoms with Crippen LogP contribution in [0, 0.1) is 0 Å². The van der Waals surface area contributed by atoms with Crippen LogP contribution in [-0.4, -0.2) is 75.3 Å². The van der Waals surface area contributed by atoms with Gasteiger partial charge in [0.25, 0.3) is 0 Å². The Balaban J connectivity index is 2.99. The molecule has 0 spiro atoms. The second-order valence-electron chi connectivity index (χ2n) is 4.43. The van der Waals surface area contributed by atoms with Gasteiger partial charge in [-0.1, -0.05) is 0 Å². The highest BCUT2D eigenvalue weighted by molar-refractivity contribution is 4.62. The molecule has 0 aliphatic carbocycles. The molecular weight excluding hydrogens is 240 g/mol. The highest BCUT2D eigenvalue weighted by atomic mass is 16.6. The number of hydrogen-bond acceptors (Lipinski definition) is 6. The van der Waals surface area contributed by atoms with E-state index in [-0.39, 0.29) is 6.61 Å². The average molecular weight is 266 g/mol. The van der Waals surface area contributed by atoms with E-state index in [1.807, 2.05) is 0 Å². The first kappa shape index (κ1) is 17.8. The van der Waals surface area contributed by atoms with Gasteiger partial charge >= 0.3 is 0 Å². The lowest BCUT2D eigenvalue weighted by atomic mass is 10.2. The van der Waals surface area contributed by atoms with E-state index in [1.54, 1.807) is 13.8 Å². The van der Waals surface area contributed by atoms with Gasteiger partial charge in [-0.2, -0.15) is 0 Å². The van der Waals surface area contributed by atoms with Gasteiger partial charge in [0.05, 0.1) is 65.1 Å². The van der Waals surface area contributed by atoms with Crippen LogP contribution in [0.15, 0.2) is 0 Å². The van der Waals surface area contributed by atoms with Crippen LogP contribution in [0.1, 0.15) is 13.8 Å². The monoisotopic (exact) mass is 266 g/mol. The first-order valence-corrected chi connectivity index (χ1v) is 6.20. The van der Waals surface area contributed by atoms with E-state index < -0.39 is 5.60 Å². The Kier molecular flexibility index (Phi) is 11.7. The van der Waals surface area contributed by atoms with E-state index in [2.05, 4.69) is 0 Å². The first-order valence-electron chi connectivity index (χ1n) is 6.20. The summed E-state index contributed by atoms with van der Waals surface area (Å²) in [4.78, 5) is 0. The molecule has 18 heavy (non-hydrogen) atoms. The SMILES string of the molecule is CC(C)(O)COCCOCCOCCOCCO. The van der Waals surface area contributed by atoms with E-state index in [0.717, 1.165) is 0 Å². The number of aliphatic hydroxyl groups excluding tert-OH is 1. The van der Waals surface area contributed by atoms with Gasteiger partial charge < -0.3 is 29.2 Å². The molecule has 0 bridgehead atoms. The third-order valence-corrected chi connectivity index (χ3v) is 1.81. The Labute approximate surface area is 109 Å². The van der Waals surface area contributed by atoms with Crippen molar-refractivity contribution < 1.29 is 29.2 Å². The molecular formula is C12H26O6. The highest BCUT2D eigenvalue weighted by Gasteiger charge is 2.11. The van der Waals surface area contributed by atoms with Crippen LogP contribution in [0.3, 0.4) is 0 Å². The molecule has 0 heterocycles. The lowest BCUT2D eigenvalue weighted by Gasteiger charge is -2.16. The van der Waals surface area contributed by atoms with E-state index in [9.17, 15) is 5.11 Å². The van der Waals surface area contributed by atoms with Gasteiger partial charge in [0.2, 0.25) is 0 Å². The largest absolute Gasteiger partial charge is 0.394 e. The van der Waals surface area contributed by atoms with Crippen molar-refractivity contribution in [3.63, 3.8) is 0 Å². The summed E-state index contributed by atoms with van der Waals surface area (Å²) in [6.45, 7) is 7.01. The maximum Gasteiger partial charge on any atom is 0.0824 e. The second-order valence-corrected chi connectivity index (χ2v) is 4.43. The maximum atomic E-state index is 9.37. The summed E-state index contributed by atoms with van der Waals surface area (Å²) in [5.74, 6) is 0. The number of ether oxygens (including phenoxy) is 4. The number of rotatable bonds is 13. The Hall–Kier alpha value is -0.240. The summed E-state index contributed by atoms with van der Waals surface area (Å²) < 4.78 is 20.7. The number of hydrogen-bond donors (Lipinski definition) is 2. The molecule has 0 saturated carbocycles. The average Bonchev–Trinajstić information content (AvgIpc) is 2.29. The van der Waals surface area contributed by atoms with Crippen LogP contribution in [-0.2, 0) is 18.9 Å². The van der Waals surface area contributed by atoms with Crippen molar-refractivity contribution in [2.75, 3.05) is 59.5 Å². The van der Waals surface area contributed by atoms with Crippen molar-refractivity contribution in [3.05, 3.63) is 0 Å². The van der Waals surface area contributed by atoms with Crippen LogP contribution >= 0.6 is 0 Å². The van der Waals surface area contributed by atoms with E-state index in [4.69, 9.17) is 24.1 Å². The maximum absolute atomic E-state index is 9.37. The third kappa shape index (κ3) is 15.8. The highest BCUT2D eigenvalue weighted by Crippen LogP contribution is 2.00. The molecule has 0 aromatic heterocycles. The molecule has 2 N–H and O–H groups in total. The first-order chi connectivity index (χ1) is 8.56. The van der Waals surface area contributed by atoms with Crippen molar-refractivity contribution in [1.82, 2.24) is 0 Å². The third-order valence-electron chi connectivity index (χ3n) is 1.81. The van der Waals surface area contributed by atoms with Gasteiger partial charge in [0.15, 0.2) is 0 Å². The topological polar surface area (TPSA) is 77.4 Å². The van der Waals surface area contributed by atoms with Crippen LogP contribution in [0.5, 0.6) is 0 Å². The predicted octanol–water partition coefficient (Wildman–Crippen LogP) is -0.184. The fraction of sp³-hybridized carbons (Fsp3) is 1.00. The molecule has 6 heteroatoms. The van der Waals surface area contributed by atoms with Crippen molar-refractivity contribution in [1.29, 1.82) is 0 Å². The summed E-state index contributed by atoms with van der Waals surface area (Å²) in [5.41, 5.74) is -0.794. The van der Waals surface area contributed by atoms with Gasteiger partial charge in [-0.05, 0) is 13.8 Å². The minimum atomic E-state index is -0.794. The van der Waals surface area contributed by atoms with Crippen LogP contribution < -0.4 is 0 Å². The fourth-order valence-electron chi connectivity index (χ4n) is 1.05. The molecule has 0 radical (unpaired) electrons. The summed E-state index contributed by atoms with van der Waals surface area (Å²) in [5, 5.41) is 17.8. The lowest BCUT2D eigenvalue weighted by molar-refractivity contribution is -0.0442. The molecule has 0 saturated heterocycles. The van der Waals surface area contributed by atoms with Gasteiger partial charge in [-0.3, -0.25) is 0 Å². The van der Waals surface area contributed by atoms with Gasteiger partial charge in [0, 0.05) is 0 Å². The van der Waals surface area contributed by atoms with Crippen molar-refractivity contribution in [2.45, 2.75) is 19.4 Å². The van der Waals surface area contributed by atoms with E-state index in [0.29, 0.717) is 52.9 Å². The Morgan fingerprint density at radius 1 is 0.722 bits per heavy atom. The van der Waals surface area contributed by atoms with Crippen LogP contribution in [0.4, 0.5) is 0 Å². The molecule has 0 rings (SSSR count). The molecule has 6 nitrogen and oxygen atoms in total. The van der Waals surface area contributed by atoms with Gasteiger partial charge in [-0.15, -0.1) is 0 Å². The summed E-state index contributed by atoms with van der Waals surface area (Å²) in [6, 6.07) is 0. The summed E-state index contributed by atoms with van der Waals surface area (Å²) in [7, 11) is 0. The molecule has 110 valence electrons. The molecule has 0 aromatic rings. The fourth-order valence-corrected chi connectivity index (χ4v) is 1.05. The minimum absolute atomic E-state index is 0.0355. The molecule has 0 unspecified atom stereocenters. The zero-order chi connectivity index (χ0) is 13.7. The molecule has 0 amide bonds. The number of aliphatic hydroxyl groups is 2. The van der Waals surface area contributed by atoms with E-state index >= 15 is 0 Å². The lowest BCUT2D eigenvalue weighted by Crippen LogP contribution is -2.27. The van der Waals surface area contributed by atoms with Crippen molar-refractivity contribution in [2.24, 2.45) is 0 Å².